The lowest BCUT2D eigenvalue weighted by atomic mass is 10.0. The van der Waals surface area contributed by atoms with Gasteiger partial charge >= 0.3 is 0 Å². The lowest BCUT2D eigenvalue weighted by molar-refractivity contribution is -0.914. The summed E-state index contributed by atoms with van der Waals surface area (Å²) in [5, 5.41) is 13.2. The van der Waals surface area contributed by atoms with Crippen LogP contribution in [0.2, 0.25) is 0 Å². The van der Waals surface area contributed by atoms with Crippen molar-refractivity contribution < 1.29 is 14.8 Å². The van der Waals surface area contributed by atoms with Crippen LogP contribution in [0.25, 0.3) is 0 Å². The van der Waals surface area contributed by atoms with Crippen LogP contribution >= 0.6 is 0 Å². The molecule has 2 aromatic rings. The van der Waals surface area contributed by atoms with Crippen molar-refractivity contribution in [1.82, 2.24) is 0 Å². The lowest BCUT2D eigenvalue weighted by Gasteiger charge is -2.36. The molecule has 1 aliphatic rings. The molecule has 1 aliphatic heterocycles. The van der Waals surface area contributed by atoms with Crippen molar-refractivity contribution >= 4 is 17.3 Å². The molecule has 1 fully saturated rings. The van der Waals surface area contributed by atoms with Crippen LogP contribution in [0.5, 0.6) is 5.75 Å². The molecule has 0 aliphatic carbocycles. The summed E-state index contributed by atoms with van der Waals surface area (Å²) < 4.78 is 0. The predicted molar refractivity (Wildman–Crippen MR) is 110 cm³/mol. The largest absolute Gasteiger partial charge is 0.506 e. The van der Waals surface area contributed by atoms with Gasteiger partial charge in [-0.2, -0.15) is 0 Å². The van der Waals surface area contributed by atoms with Crippen molar-refractivity contribution in [1.29, 1.82) is 0 Å². The summed E-state index contributed by atoms with van der Waals surface area (Å²) in [6.07, 6.45) is 0. The van der Waals surface area contributed by atoms with Crippen molar-refractivity contribution in [3.8, 4) is 5.75 Å². The molecule has 3 N–H and O–H groups in total. The van der Waals surface area contributed by atoms with E-state index in [2.05, 4.69) is 29.3 Å². The molecule has 0 radical (unpaired) electrons. The maximum Gasteiger partial charge on any atom is 0.282 e. The normalized spacial score (nSPS) is 16.2. The van der Waals surface area contributed by atoms with Crippen molar-refractivity contribution in [2.24, 2.45) is 0 Å². The van der Waals surface area contributed by atoms with Gasteiger partial charge < -0.3 is 20.2 Å². The van der Waals surface area contributed by atoms with E-state index in [0.717, 1.165) is 48.7 Å². The molecule has 144 valence electrons. The Morgan fingerprint density at radius 1 is 1.11 bits per heavy atom. The summed E-state index contributed by atoms with van der Waals surface area (Å²) in [6.45, 7) is 11.5. The Balaban J connectivity index is 1.61. The zero-order valence-electron chi connectivity index (χ0n) is 16.7. The molecule has 27 heavy (non-hydrogen) atoms. The molecule has 5 nitrogen and oxygen atoms in total. The molecule has 1 saturated heterocycles. The molecule has 1 atom stereocenters. The van der Waals surface area contributed by atoms with Gasteiger partial charge in [0.25, 0.3) is 5.91 Å². The Kier molecular flexibility index (Phi) is 5.71. The summed E-state index contributed by atoms with van der Waals surface area (Å²) in [5.41, 5.74) is 5.23. The van der Waals surface area contributed by atoms with Crippen molar-refractivity contribution in [3.63, 3.8) is 0 Å². The number of phenolic OH excluding ortho intramolecular Hbond substituents is 1. The van der Waals surface area contributed by atoms with Crippen molar-refractivity contribution in [3.05, 3.63) is 53.1 Å². The molecule has 5 heteroatoms. The number of benzene rings is 2. The molecule has 0 aromatic heterocycles. The van der Waals surface area contributed by atoms with Crippen LogP contribution in [-0.2, 0) is 4.79 Å². The first-order valence-electron chi connectivity index (χ1n) is 9.63. The fourth-order valence-electron chi connectivity index (χ4n) is 3.99. The first-order chi connectivity index (χ1) is 12.9. The Hall–Kier alpha value is -2.53. The van der Waals surface area contributed by atoms with Crippen LogP contribution in [0, 0.1) is 20.8 Å². The molecule has 3 rings (SSSR count). The lowest BCUT2D eigenvalue weighted by Crippen LogP contribution is -3.19. The first kappa shape index (κ1) is 19.2. The monoisotopic (exact) mass is 368 g/mol. The van der Waals surface area contributed by atoms with Gasteiger partial charge in [-0.1, -0.05) is 29.8 Å². The number of quaternary nitrogens is 1. The van der Waals surface area contributed by atoms with Crippen LogP contribution in [0.3, 0.4) is 0 Å². The van der Waals surface area contributed by atoms with Gasteiger partial charge in [0.05, 0.1) is 31.9 Å². The highest BCUT2D eigenvalue weighted by Crippen LogP contribution is 2.26. The highest BCUT2D eigenvalue weighted by molar-refractivity contribution is 5.95. The number of anilines is 2. The van der Waals surface area contributed by atoms with Crippen LogP contribution in [0.15, 0.2) is 36.4 Å². The third-order valence-electron chi connectivity index (χ3n) is 5.56. The summed E-state index contributed by atoms with van der Waals surface area (Å²) >= 11 is 0. The van der Waals surface area contributed by atoms with E-state index >= 15 is 0 Å². The van der Waals surface area contributed by atoms with Gasteiger partial charge in [-0.15, -0.1) is 0 Å². The number of aromatic hydroxyl groups is 1. The molecule has 0 unspecified atom stereocenters. The SMILES string of the molecule is Cc1cc(C)c(NC(=O)[C@@H](C)[NH+]2CCN(c3ccccc3O)CC2)c(C)c1. The van der Waals surface area contributed by atoms with E-state index in [0.29, 0.717) is 5.75 Å². The number of rotatable bonds is 4. The molecule has 0 saturated carbocycles. The van der Waals surface area contributed by atoms with Gasteiger partial charge in [0.15, 0.2) is 6.04 Å². The second-order valence-corrected chi connectivity index (χ2v) is 7.62. The van der Waals surface area contributed by atoms with Crippen molar-refractivity contribution in [2.45, 2.75) is 33.7 Å². The van der Waals surface area contributed by atoms with E-state index in [9.17, 15) is 9.90 Å². The number of nitrogens with zero attached hydrogens (tertiary/aromatic N) is 1. The fourth-order valence-corrected chi connectivity index (χ4v) is 3.99. The second kappa shape index (κ2) is 8.01. The minimum absolute atomic E-state index is 0.0658. The number of aryl methyl sites for hydroxylation is 3. The number of hydrogen-bond acceptors (Lipinski definition) is 3. The Bertz CT molecular complexity index is 803. The summed E-state index contributed by atoms with van der Waals surface area (Å²) in [7, 11) is 0. The van der Waals surface area contributed by atoms with Crippen LogP contribution in [0.1, 0.15) is 23.6 Å². The van der Waals surface area contributed by atoms with Gasteiger partial charge in [0, 0.05) is 5.69 Å². The number of para-hydroxylation sites is 2. The first-order valence-corrected chi connectivity index (χ1v) is 9.63. The number of carbonyl (C=O) groups excluding carboxylic acids is 1. The standard InChI is InChI=1S/C22H29N3O2/c1-15-13-16(2)21(17(3)14-15)23-22(27)18(4)24-9-11-25(12-10-24)19-7-5-6-8-20(19)26/h5-8,13-14,18,26H,9-12H2,1-4H3,(H,23,27)/p+1/t18-/m1/s1. The molecule has 1 amide bonds. The minimum Gasteiger partial charge on any atom is -0.506 e. The Morgan fingerprint density at radius 3 is 2.30 bits per heavy atom. The summed E-state index contributed by atoms with van der Waals surface area (Å²) in [5.74, 6) is 0.383. The third-order valence-corrected chi connectivity index (χ3v) is 5.56. The molecule has 1 heterocycles. The quantitative estimate of drug-likeness (QED) is 0.774. The number of piperazine rings is 1. The number of hydrogen-bond donors (Lipinski definition) is 3. The van der Waals surface area contributed by atoms with Gasteiger partial charge in [-0.25, -0.2) is 0 Å². The topological polar surface area (TPSA) is 57.0 Å². The molecular formula is C22H30N3O2+. The fraction of sp³-hybridized carbons (Fsp3) is 0.409. The second-order valence-electron chi connectivity index (χ2n) is 7.62. The van der Waals surface area contributed by atoms with Gasteiger partial charge in [0.1, 0.15) is 5.75 Å². The van der Waals surface area contributed by atoms with Crippen LogP contribution in [0.4, 0.5) is 11.4 Å². The number of nitrogens with one attached hydrogen (secondary N) is 2. The highest BCUT2D eigenvalue weighted by Gasteiger charge is 2.30. The van der Waals surface area contributed by atoms with E-state index in [1.165, 1.54) is 10.5 Å². The van der Waals surface area contributed by atoms with E-state index in [4.69, 9.17) is 0 Å². The zero-order chi connectivity index (χ0) is 19.6. The maximum absolute atomic E-state index is 12.8. The molecular weight excluding hydrogens is 338 g/mol. The van der Waals surface area contributed by atoms with Crippen LogP contribution < -0.4 is 15.1 Å². The smallest absolute Gasteiger partial charge is 0.282 e. The highest BCUT2D eigenvalue weighted by atomic mass is 16.3. The minimum atomic E-state index is -0.114. The molecule has 0 spiro atoms. The average molecular weight is 369 g/mol. The van der Waals surface area contributed by atoms with Gasteiger partial charge in [-0.3, -0.25) is 4.79 Å². The summed E-state index contributed by atoms with van der Waals surface area (Å²) in [6, 6.07) is 11.5. The third kappa shape index (κ3) is 4.25. The van der Waals surface area contributed by atoms with Crippen LogP contribution in [-0.4, -0.2) is 43.2 Å². The summed E-state index contributed by atoms with van der Waals surface area (Å²) in [4.78, 5) is 16.3. The zero-order valence-corrected chi connectivity index (χ0v) is 16.7. The average Bonchev–Trinajstić information content (AvgIpc) is 2.64. The predicted octanol–water partition coefficient (Wildman–Crippen LogP) is 2.05. The van der Waals surface area contributed by atoms with E-state index in [1.807, 2.05) is 39.0 Å². The van der Waals surface area contributed by atoms with E-state index < -0.39 is 0 Å². The Labute approximate surface area is 161 Å². The molecule has 0 bridgehead atoms. The maximum atomic E-state index is 12.8. The number of carbonyl (C=O) groups is 1. The van der Waals surface area contributed by atoms with Gasteiger partial charge in [-0.05, 0) is 51.0 Å². The van der Waals surface area contributed by atoms with E-state index in [1.54, 1.807) is 6.07 Å². The number of amides is 1. The van der Waals surface area contributed by atoms with Crippen molar-refractivity contribution in [2.75, 3.05) is 36.4 Å². The molecule has 2 aromatic carbocycles. The number of phenols is 1. The Morgan fingerprint density at radius 2 is 1.70 bits per heavy atom. The van der Waals surface area contributed by atoms with E-state index in [-0.39, 0.29) is 11.9 Å². The van der Waals surface area contributed by atoms with Gasteiger partial charge in [0.2, 0.25) is 0 Å².